The SMILES string of the molecule is CC(C)(C)c1ccc(N(c2ccc(C(C)(C)C)cc2)c2cc(N(c3ccccc3)c3ccccc3)cc(Cl)c2Cl)cc1. The molecule has 0 bridgehead atoms. The quantitative estimate of drug-likeness (QED) is 0.193. The summed E-state index contributed by atoms with van der Waals surface area (Å²) in [7, 11) is 0. The van der Waals surface area contributed by atoms with Crippen molar-refractivity contribution in [1.82, 2.24) is 0 Å². The van der Waals surface area contributed by atoms with E-state index in [2.05, 4.69) is 130 Å². The molecule has 2 nitrogen and oxygen atoms in total. The predicted octanol–water partition coefficient (Wildman–Crippen LogP) is 12.5. The minimum absolute atomic E-state index is 0.0461. The summed E-state index contributed by atoms with van der Waals surface area (Å²) in [5.41, 5.74) is 8.43. The molecular formula is C38H38Cl2N2. The smallest absolute Gasteiger partial charge is 0.0834 e. The van der Waals surface area contributed by atoms with Crippen LogP contribution in [0.15, 0.2) is 121 Å². The maximum absolute atomic E-state index is 7.07. The Morgan fingerprint density at radius 1 is 0.429 bits per heavy atom. The van der Waals surface area contributed by atoms with Gasteiger partial charge in [-0.2, -0.15) is 0 Å². The molecule has 0 unspecified atom stereocenters. The molecule has 214 valence electrons. The Balaban J connectivity index is 1.72. The van der Waals surface area contributed by atoms with Crippen LogP contribution in [0, 0.1) is 0 Å². The molecule has 0 saturated carbocycles. The number of hydrogen-bond donors (Lipinski definition) is 0. The first kappa shape index (κ1) is 29.8. The fraction of sp³-hybridized carbons (Fsp3) is 0.211. The molecule has 0 radical (unpaired) electrons. The normalized spacial score (nSPS) is 11.8. The van der Waals surface area contributed by atoms with Crippen molar-refractivity contribution < 1.29 is 0 Å². The van der Waals surface area contributed by atoms with E-state index in [4.69, 9.17) is 23.2 Å². The second kappa shape index (κ2) is 11.9. The molecule has 0 aliphatic carbocycles. The molecule has 42 heavy (non-hydrogen) atoms. The average molecular weight is 594 g/mol. The lowest BCUT2D eigenvalue weighted by molar-refractivity contribution is 0.590. The molecule has 0 fully saturated rings. The summed E-state index contributed by atoms with van der Waals surface area (Å²) >= 11 is 14.0. The van der Waals surface area contributed by atoms with Crippen molar-refractivity contribution in [2.75, 3.05) is 9.80 Å². The lowest BCUT2D eigenvalue weighted by Gasteiger charge is -2.31. The van der Waals surface area contributed by atoms with E-state index < -0.39 is 0 Å². The largest absolute Gasteiger partial charge is 0.310 e. The van der Waals surface area contributed by atoms with Crippen LogP contribution >= 0.6 is 23.2 Å². The molecule has 4 heteroatoms. The van der Waals surface area contributed by atoms with Crippen molar-refractivity contribution in [2.45, 2.75) is 52.4 Å². The van der Waals surface area contributed by atoms with E-state index in [1.807, 2.05) is 42.5 Å². The maximum Gasteiger partial charge on any atom is 0.0834 e. The standard InChI is InChI=1S/C38H38Cl2N2/c1-37(2,3)27-17-21-31(22-18-27)42(32-23-19-28(20-24-32)38(4,5)6)35-26-33(25-34(39)36(35)40)41(29-13-9-7-10-14-29)30-15-11-8-12-16-30/h7-26H,1-6H3. The van der Waals surface area contributed by atoms with E-state index in [1.165, 1.54) is 11.1 Å². The molecule has 0 aromatic heterocycles. The van der Waals surface area contributed by atoms with Crippen LogP contribution in [-0.4, -0.2) is 0 Å². The van der Waals surface area contributed by atoms with Crippen LogP contribution in [0.1, 0.15) is 52.7 Å². The number of anilines is 6. The van der Waals surface area contributed by atoms with Gasteiger partial charge in [0.25, 0.3) is 0 Å². The fourth-order valence-electron chi connectivity index (χ4n) is 5.10. The zero-order valence-electron chi connectivity index (χ0n) is 25.2. The van der Waals surface area contributed by atoms with E-state index in [9.17, 15) is 0 Å². The third kappa shape index (κ3) is 6.36. The third-order valence-electron chi connectivity index (χ3n) is 7.50. The van der Waals surface area contributed by atoms with Crippen LogP contribution in [0.4, 0.5) is 34.1 Å². The monoisotopic (exact) mass is 592 g/mol. The molecule has 0 aliphatic rings. The lowest BCUT2D eigenvalue weighted by Crippen LogP contribution is -2.16. The Morgan fingerprint density at radius 3 is 1.19 bits per heavy atom. The minimum atomic E-state index is 0.0461. The van der Waals surface area contributed by atoms with Gasteiger partial charge in [0.2, 0.25) is 0 Å². The predicted molar refractivity (Wildman–Crippen MR) is 183 cm³/mol. The Bertz CT molecular complexity index is 1530. The van der Waals surface area contributed by atoms with Crippen molar-refractivity contribution in [1.29, 1.82) is 0 Å². The van der Waals surface area contributed by atoms with Crippen LogP contribution in [0.5, 0.6) is 0 Å². The first-order valence-corrected chi connectivity index (χ1v) is 15.1. The van der Waals surface area contributed by atoms with Gasteiger partial charge < -0.3 is 9.80 Å². The summed E-state index contributed by atoms with van der Waals surface area (Å²) in [6, 6.07) is 42.2. The van der Waals surface area contributed by atoms with E-state index in [-0.39, 0.29) is 10.8 Å². The summed E-state index contributed by atoms with van der Waals surface area (Å²) in [4.78, 5) is 4.40. The van der Waals surface area contributed by atoms with Crippen molar-refractivity contribution in [3.8, 4) is 0 Å². The van der Waals surface area contributed by atoms with Gasteiger partial charge in [0.1, 0.15) is 0 Å². The molecule has 0 saturated heterocycles. The topological polar surface area (TPSA) is 6.48 Å². The van der Waals surface area contributed by atoms with Gasteiger partial charge in [0.05, 0.1) is 15.7 Å². The molecule has 0 N–H and O–H groups in total. The second-order valence-corrected chi connectivity index (χ2v) is 13.5. The van der Waals surface area contributed by atoms with Crippen molar-refractivity contribution >= 4 is 57.3 Å². The van der Waals surface area contributed by atoms with Crippen LogP contribution in [0.3, 0.4) is 0 Å². The zero-order chi connectivity index (χ0) is 30.1. The number of hydrogen-bond acceptors (Lipinski definition) is 2. The van der Waals surface area contributed by atoms with Gasteiger partial charge in [-0.15, -0.1) is 0 Å². The molecule has 0 heterocycles. The number of benzene rings is 5. The summed E-state index contributed by atoms with van der Waals surface area (Å²) in [6.07, 6.45) is 0. The molecule has 0 spiro atoms. The first-order valence-electron chi connectivity index (χ1n) is 14.3. The molecule has 5 aromatic carbocycles. The van der Waals surface area contributed by atoms with Crippen LogP contribution in [-0.2, 0) is 10.8 Å². The Labute approximate surface area is 261 Å². The summed E-state index contributed by atoms with van der Waals surface area (Å²) in [6.45, 7) is 13.4. The lowest BCUT2D eigenvalue weighted by atomic mass is 9.86. The first-order chi connectivity index (χ1) is 19.9. The Hall–Kier alpha value is -3.72. The van der Waals surface area contributed by atoms with Crippen LogP contribution in [0.25, 0.3) is 0 Å². The molecular weight excluding hydrogens is 555 g/mol. The van der Waals surface area contributed by atoms with Gasteiger partial charge >= 0.3 is 0 Å². The fourth-order valence-corrected chi connectivity index (χ4v) is 5.50. The third-order valence-corrected chi connectivity index (χ3v) is 8.30. The Kier molecular flexibility index (Phi) is 8.42. The van der Waals surface area contributed by atoms with Gasteiger partial charge in [-0.05, 0) is 82.6 Å². The molecule has 5 aromatic rings. The van der Waals surface area contributed by atoms with E-state index in [0.717, 1.165) is 34.1 Å². The van der Waals surface area contributed by atoms with Crippen molar-refractivity contribution in [3.05, 3.63) is 142 Å². The van der Waals surface area contributed by atoms with Gasteiger partial charge in [-0.25, -0.2) is 0 Å². The average Bonchev–Trinajstić information content (AvgIpc) is 2.96. The summed E-state index contributed by atoms with van der Waals surface area (Å²) in [5, 5.41) is 0.991. The van der Waals surface area contributed by atoms with Gasteiger partial charge in [0, 0.05) is 28.4 Å². The van der Waals surface area contributed by atoms with E-state index in [1.54, 1.807) is 0 Å². The Morgan fingerprint density at radius 2 is 0.810 bits per heavy atom. The molecule has 0 aliphatic heterocycles. The maximum atomic E-state index is 7.07. The van der Waals surface area contributed by atoms with E-state index in [0.29, 0.717) is 10.0 Å². The molecule has 0 atom stereocenters. The molecule has 0 amide bonds. The van der Waals surface area contributed by atoms with E-state index >= 15 is 0 Å². The van der Waals surface area contributed by atoms with Crippen LogP contribution < -0.4 is 9.80 Å². The highest BCUT2D eigenvalue weighted by Crippen LogP contribution is 2.47. The highest BCUT2D eigenvalue weighted by molar-refractivity contribution is 6.44. The van der Waals surface area contributed by atoms with Gasteiger partial charge in [-0.1, -0.05) is 125 Å². The number of para-hydroxylation sites is 2. The van der Waals surface area contributed by atoms with Crippen molar-refractivity contribution in [2.24, 2.45) is 0 Å². The van der Waals surface area contributed by atoms with Crippen LogP contribution in [0.2, 0.25) is 10.0 Å². The highest BCUT2D eigenvalue weighted by Gasteiger charge is 2.23. The highest BCUT2D eigenvalue weighted by atomic mass is 35.5. The number of halogens is 2. The summed E-state index contributed by atoms with van der Waals surface area (Å²) < 4.78 is 0. The van der Waals surface area contributed by atoms with Gasteiger partial charge in [0.15, 0.2) is 0 Å². The minimum Gasteiger partial charge on any atom is -0.310 e. The second-order valence-electron chi connectivity index (χ2n) is 12.7. The summed E-state index contributed by atoms with van der Waals surface area (Å²) in [5.74, 6) is 0. The number of nitrogens with zero attached hydrogens (tertiary/aromatic N) is 2. The number of rotatable bonds is 6. The zero-order valence-corrected chi connectivity index (χ0v) is 26.7. The van der Waals surface area contributed by atoms with Crippen molar-refractivity contribution in [3.63, 3.8) is 0 Å². The van der Waals surface area contributed by atoms with Gasteiger partial charge in [-0.3, -0.25) is 0 Å². The molecule has 5 rings (SSSR count).